The second-order valence-corrected chi connectivity index (χ2v) is 20.0. The van der Waals surface area contributed by atoms with E-state index in [1.54, 1.807) is 0 Å². The Bertz CT molecular complexity index is 855. The molecule has 1 rings (SSSR count). The van der Waals surface area contributed by atoms with Crippen LogP contribution in [0.25, 0.3) is 0 Å². The molecule has 0 aromatic carbocycles. The maximum atomic E-state index is 6.09. The average molecular weight is 781 g/mol. The molecule has 0 atom stereocenters. The molecule has 1 aromatic heterocycles. The Morgan fingerprint density at radius 3 is 0.686 bits per heavy atom. The lowest BCUT2D eigenvalue weighted by Crippen LogP contribution is -2.46. The molecule has 300 valence electrons. The summed E-state index contributed by atoms with van der Waals surface area (Å²) in [5.74, 6) is 1.77. The van der Waals surface area contributed by atoms with Gasteiger partial charge in [0, 0.05) is 118 Å². The van der Waals surface area contributed by atoms with E-state index >= 15 is 0 Å². The van der Waals surface area contributed by atoms with E-state index in [-0.39, 0.29) is 0 Å². The van der Waals surface area contributed by atoms with Crippen molar-refractivity contribution in [3.63, 3.8) is 0 Å². The SMILES string of the molecule is CCO[Si](CCCN(C)c1nc(N(C)CCC[Si](OCC)(OCC)OCC)nc(N(C)CCC[Si](OCC)(OCC)OCC)n1)(OCC)OCC. The van der Waals surface area contributed by atoms with Gasteiger partial charge in [0.15, 0.2) is 0 Å². The summed E-state index contributed by atoms with van der Waals surface area (Å²) in [6.45, 7) is 24.8. The van der Waals surface area contributed by atoms with Crippen LogP contribution in [0, 0.1) is 0 Å². The first-order valence-electron chi connectivity index (χ1n) is 19.2. The maximum Gasteiger partial charge on any atom is 0.500 e. The van der Waals surface area contributed by atoms with Crippen LogP contribution in [0.1, 0.15) is 81.6 Å². The van der Waals surface area contributed by atoms with Crippen molar-refractivity contribution in [2.45, 2.75) is 99.7 Å². The molecule has 51 heavy (non-hydrogen) atoms. The minimum absolute atomic E-state index is 0.549. The molecule has 0 unspecified atom stereocenters. The zero-order valence-corrected chi connectivity index (χ0v) is 37.1. The van der Waals surface area contributed by atoms with E-state index in [4.69, 9.17) is 54.8 Å². The smallest absolute Gasteiger partial charge is 0.374 e. The fraction of sp³-hybridized carbons (Fsp3) is 0.909. The predicted molar refractivity (Wildman–Crippen MR) is 210 cm³/mol. The summed E-state index contributed by atoms with van der Waals surface area (Å²) in [4.78, 5) is 21.0. The van der Waals surface area contributed by atoms with Gasteiger partial charge in [0.2, 0.25) is 17.8 Å². The second kappa shape index (κ2) is 26.5. The van der Waals surface area contributed by atoms with E-state index in [1.165, 1.54) is 0 Å². The van der Waals surface area contributed by atoms with Gasteiger partial charge in [-0.15, -0.1) is 0 Å². The van der Waals surface area contributed by atoms with Crippen molar-refractivity contribution in [3.8, 4) is 0 Å². The summed E-state index contributed by atoms with van der Waals surface area (Å²) in [6.07, 6.45) is 2.38. The molecule has 0 radical (unpaired) electrons. The number of nitrogens with zero attached hydrogens (tertiary/aromatic N) is 6. The molecule has 0 N–H and O–H groups in total. The fourth-order valence-corrected chi connectivity index (χ4v) is 13.5. The standard InChI is InChI=1S/C33H72N6O9Si3/c1-13-40-49(41-14-2,42-15-3)28-22-25-37(10)31-34-32(38(11)26-23-29-50(43-16-4,44-17-5)45-18-6)36-33(35-31)39(12)27-24-30-51(46-19-7,47-20-8)48-21-9/h13-30H2,1-12H3. The largest absolute Gasteiger partial charge is 0.500 e. The highest BCUT2D eigenvalue weighted by Crippen LogP contribution is 2.24. The van der Waals surface area contributed by atoms with Crippen LogP contribution < -0.4 is 14.7 Å². The van der Waals surface area contributed by atoms with Gasteiger partial charge in [-0.3, -0.25) is 0 Å². The molecule has 0 aliphatic carbocycles. The Morgan fingerprint density at radius 2 is 0.529 bits per heavy atom. The van der Waals surface area contributed by atoms with E-state index in [9.17, 15) is 0 Å². The van der Waals surface area contributed by atoms with E-state index in [1.807, 2.05) is 83.5 Å². The minimum atomic E-state index is -2.77. The summed E-state index contributed by atoms with van der Waals surface area (Å²) in [6, 6.07) is 2.11. The third kappa shape index (κ3) is 16.7. The lowest BCUT2D eigenvalue weighted by Gasteiger charge is -2.30. The van der Waals surface area contributed by atoms with Crippen LogP contribution in [0.5, 0.6) is 0 Å². The Morgan fingerprint density at radius 1 is 0.353 bits per heavy atom. The summed E-state index contributed by atoms with van der Waals surface area (Å²) in [5.41, 5.74) is 0. The van der Waals surface area contributed by atoms with E-state index in [0.717, 1.165) is 19.3 Å². The van der Waals surface area contributed by atoms with Crippen molar-refractivity contribution in [1.29, 1.82) is 0 Å². The van der Waals surface area contributed by atoms with Gasteiger partial charge < -0.3 is 54.5 Å². The van der Waals surface area contributed by atoms with Gasteiger partial charge in [-0.25, -0.2) is 0 Å². The number of rotatable bonds is 33. The monoisotopic (exact) mass is 780 g/mol. The minimum Gasteiger partial charge on any atom is -0.374 e. The first-order valence-corrected chi connectivity index (χ1v) is 25.0. The topological polar surface area (TPSA) is 131 Å². The molecule has 0 amide bonds. The van der Waals surface area contributed by atoms with Crippen LogP contribution >= 0.6 is 0 Å². The van der Waals surface area contributed by atoms with Crippen molar-refractivity contribution in [2.24, 2.45) is 0 Å². The van der Waals surface area contributed by atoms with Gasteiger partial charge in [0.25, 0.3) is 0 Å². The predicted octanol–water partition coefficient (Wildman–Crippen LogP) is 5.50. The van der Waals surface area contributed by atoms with Gasteiger partial charge in [0.1, 0.15) is 0 Å². The number of anilines is 3. The molecule has 0 aliphatic rings. The van der Waals surface area contributed by atoms with Crippen LogP contribution in [0.2, 0.25) is 18.1 Å². The molecule has 1 heterocycles. The number of hydrogen-bond donors (Lipinski definition) is 0. The Kier molecular flexibility index (Phi) is 24.8. The highest BCUT2D eigenvalue weighted by atomic mass is 28.4. The van der Waals surface area contributed by atoms with Crippen LogP contribution in [0.4, 0.5) is 17.8 Å². The molecular formula is C33H72N6O9Si3. The third-order valence-corrected chi connectivity index (χ3v) is 17.3. The maximum absolute atomic E-state index is 6.09. The Labute approximate surface area is 313 Å². The molecule has 0 bridgehead atoms. The fourth-order valence-electron chi connectivity index (χ4n) is 5.76. The Hall–Kier alpha value is -1.30. The van der Waals surface area contributed by atoms with Crippen molar-refractivity contribution < 1.29 is 39.8 Å². The van der Waals surface area contributed by atoms with Crippen LogP contribution in [-0.4, -0.2) is 142 Å². The number of hydrogen-bond acceptors (Lipinski definition) is 15. The average Bonchev–Trinajstić information content (AvgIpc) is 3.09. The molecule has 18 heteroatoms. The van der Waals surface area contributed by atoms with E-state index in [0.29, 0.717) is 115 Å². The molecule has 1 aromatic rings. The summed E-state index contributed by atoms with van der Waals surface area (Å²) >= 11 is 0. The van der Waals surface area contributed by atoms with Gasteiger partial charge >= 0.3 is 26.4 Å². The first-order chi connectivity index (χ1) is 24.5. The van der Waals surface area contributed by atoms with Gasteiger partial charge in [-0.2, -0.15) is 15.0 Å². The van der Waals surface area contributed by atoms with Crippen LogP contribution in [0.15, 0.2) is 0 Å². The van der Waals surface area contributed by atoms with Crippen LogP contribution in [0.3, 0.4) is 0 Å². The van der Waals surface area contributed by atoms with Crippen molar-refractivity contribution in [3.05, 3.63) is 0 Å². The molecule has 0 spiro atoms. The van der Waals surface area contributed by atoms with Gasteiger partial charge in [-0.05, 0) is 81.6 Å². The van der Waals surface area contributed by atoms with E-state index in [2.05, 4.69) is 14.7 Å². The molecule has 0 fully saturated rings. The molecular weight excluding hydrogens is 709 g/mol. The molecule has 0 saturated carbocycles. The van der Waals surface area contributed by atoms with Crippen molar-refractivity contribution in [2.75, 3.05) is 115 Å². The van der Waals surface area contributed by atoms with Crippen molar-refractivity contribution in [1.82, 2.24) is 15.0 Å². The van der Waals surface area contributed by atoms with Crippen LogP contribution in [-0.2, 0) is 39.8 Å². The molecule has 15 nitrogen and oxygen atoms in total. The highest BCUT2D eigenvalue weighted by Gasteiger charge is 2.41. The number of aromatic nitrogens is 3. The lowest BCUT2D eigenvalue weighted by atomic mass is 10.4. The van der Waals surface area contributed by atoms with E-state index < -0.39 is 26.4 Å². The van der Waals surface area contributed by atoms with Gasteiger partial charge in [-0.1, -0.05) is 0 Å². The summed E-state index contributed by atoms with van der Waals surface area (Å²) < 4.78 is 54.8. The third-order valence-electron chi connectivity index (χ3n) is 7.83. The normalized spacial score (nSPS) is 12.5. The first kappa shape index (κ1) is 47.7. The quantitative estimate of drug-likeness (QED) is 0.0832. The summed E-state index contributed by atoms with van der Waals surface area (Å²) in [7, 11) is -2.29. The van der Waals surface area contributed by atoms with Gasteiger partial charge in [0.05, 0.1) is 0 Å². The zero-order chi connectivity index (χ0) is 38.2. The lowest BCUT2D eigenvalue weighted by molar-refractivity contribution is 0.0701. The van der Waals surface area contributed by atoms with Crippen molar-refractivity contribution >= 4 is 44.3 Å². The zero-order valence-electron chi connectivity index (χ0n) is 34.1. The summed E-state index contributed by atoms with van der Waals surface area (Å²) in [5, 5.41) is 0. The molecule has 0 saturated heterocycles. The second-order valence-electron chi connectivity index (χ2n) is 11.8. The highest BCUT2D eigenvalue weighted by molar-refractivity contribution is 6.61. The molecule has 0 aliphatic heterocycles. The Balaban J connectivity index is 3.29.